The van der Waals surface area contributed by atoms with Crippen LogP contribution in [-0.2, 0) is 6.42 Å². The van der Waals surface area contributed by atoms with Crippen LogP contribution in [0.5, 0.6) is 0 Å². The molecule has 0 spiro atoms. The first kappa shape index (κ1) is 17.7. The molecular weight excluding hydrogens is 260 g/mol. The molecule has 1 heterocycles. The Hall–Kier alpha value is -1.32. The zero-order chi connectivity index (χ0) is 15.3. The number of rotatable bonds is 12. The monoisotopic (exact) mass is 292 g/mol. The zero-order valence-corrected chi connectivity index (χ0v) is 14.0. The third kappa shape index (κ3) is 7.88. The molecule has 120 valence electrons. The van der Waals surface area contributed by atoms with Crippen molar-refractivity contribution in [3.8, 4) is 0 Å². The number of nitrogens with zero attached hydrogens (tertiary/aromatic N) is 2. The maximum Gasteiger partial charge on any atom is 0.132 e. The second kappa shape index (κ2) is 11.4. The highest BCUT2D eigenvalue weighted by Gasteiger charge is 2.02. The van der Waals surface area contributed by atoms with Crippen LogP contribution >= 0.6 is 0 Å². The largest absolute Gasteiger partial charge is 0.370 e. The minimum Gasteiger partial charge on any atom is -0.370 e. The van der Waals surface area contributed by atoms with Crippen LogP contribution in [0.4, 0.5) is 11.6 Å². The molecule has 0 fully saturated rings. The van der Waals surface area contributed by atoms with Gasteiger partial charge in [0.2, 0.25) is 0 Å². The fraction of sp³-hybridized carbons (Fsp3) is 0.765. The van der Waals surface area contributed by atoms with Gasteiger partial charge in [0.25, 0.3) is 0 Å². The van der Waals surface area contributed by atoms with E-state index in [-0.39, 0.29) is 0 Å². The Morgan fingerprint density at radius 2 is 1.38 bits per heavy atom. The van der Waals surface area contributed by atoms with Crippen molar-refractivity contribution in [3.05, 3.63) is 11.9 Å². The van der Waals surface area contributed by atoms with Gasteiger partial charge in [-0.3, -0.25) is 0 Å². The first-order valence-corrected chi connectivity index (χ1v) is 8.65. The predicted octanol–water partition coefficient (Wildman–Crippen LogP) is 4.63. The topological polar surface area (TPSA) is 49.8 Å². The van der Waals surface area contributed by atoms with Crippen LogP contribution < -0.4 is 10.6 Å². The fourth-order valence-corrected chi connectivity index (χ4v) is 2.21. The summed E-state index contributed by atoms with van der Waals surface area (Å²) in [6, 6.07) is 2.02. The Kier molecular flexibility index (Phi) is 9.58. The molecular formula is C17H32N4. The smallest absolute Gasteiger partial charge is 0.132 e. The highest BCUT2D eigenvalue weighted by molar-refractivity contribution is 5.47. The van der Waals surface area contributed by atoms with E-state index in [1.54, 1.807) is 0 Å². The lowest BCUT2D eigenvalue weighted by Gasteiger charge is -2.10. The van der Waals surface area contributed by atoms with Crippen molar-refractivity contribution < 1.29 is 0 Å². The molecule has 0 amide bonds. The molecule has 0 atom stereocenters. The molecule has 4 heteroatoms. The van der Waals surface area contributed by atoms with Crippen molar-refractivity contribution in [2.45, 2.75) is 72.1 Å². The molecule has 1 aromatic rings. The van der Waals surface area contributed by atoms with Crippen molar-refractivity contribution in [3.63, 3.8) is 0 Å². The lowest BCUT2D eigenvalue weighted by Crippen LogP contribution is -2.09. The number of anilines is 2. The van der Waals surface area contributed by atoms with Gasteiger partial charge in [-0.2, -0.15) is 0 Å². The van der Waals surface area contributed by atoms with Gasteiger partial charge in [0.1, 0.15) is 17.5 Å². The third-order valence-electron chi connectivity index (χ3n) is 3.48. The van der Waals surface area contributed by atoms with Crippen molar-refractivity contribution in [1.82, 2.24) is 9.97 Å². The number of hydrogen-bond acceptors (Lipinski definition) is 4. The first-order chi connectivity index (χ1) is 10.3. The number of aromatic nitrogens is 2. The van der Waals surface area contributed by atoms with Crippen molar-refractivity contribution in [2.75, 3.05) is 23.7 Å². The Balaban J connectivity index is 2.35. The Morgan fingerprint density at radius 3 is 2.00 bits per heavy atom. The van der Waals surface area contributed by atoms with E-state index in [9.17, 15) is 0 Å². The second-order valence-corrected chi connectivity index (χ2v) is 5.53. The van der Waals surface area contributed by atoms with Gasteiger partial charge in [-0.25, -0.2) is 9.97 Å². The molecule has 0 saturated carbocycles. The molecule has 0 aliphatic heterocycles. The minimum absolute atomic E-state index is 0.868. The summed E-state index contributed by atoms with van der Waals surface area (Å²) in [5.41, 5.74) is 0. The average Bonchev–Trinajstić information content (AvgIpc) is 2.51. The lowest BCUT2D eigenvalue weighted by atomic mass is 10.1. The number of nitrogens with one attached hydrogen (secondary N) is 2. The molecule has 0 unspecified atom stereocenters. The maximum absolute atomic E-state index is 4.54. The van der Waals surface area contributed by atoms with Crippen LogP contribution in [-0.4, -0.2) is 23.1 Å². The van der Waals surface area contributed by atoms with E-state index < -0.39 is 0 Å². The summed E-state index contributed by atoms with van der Waals surface area (Å²) in [4.78, 5) is 9.05. The van der Waals surface area contributed by atoms with Crippen LogP contribution in [0.15, 0.2) is 6.07 Å². The van der Waals surface area contributed by atoms with Gasteiger partial charge in [-0.1, -0.05) is 52.9 Å². The van der Waals surface area contributed by atoms with Gasteiger partial charge in [-0.15, -0.1) is 0 Å². The molecule has 4 nitrogen and oxygen atoms in total. The van der Waals surface area contributed by atoms with Gasteiger partial charge in [0, 0.05) is 25.6 Å². The summed E-state index contributed by atoms with van der Waals surface area (Å²) in [5, 5.41) is 6.78. The summed E-state index contributed by atoms with van der Waals surface area (Å²) in [5.74, 6) is 2.80. The van der Waals surface area contributed by atoms with E-state index in [2.05, 4.69) is 41.4 Å². The SMILES string of the molecule is CCCCCCCCNc1cc(NCCC)nc(CC)n1. The molecule has 1 aromatic heterocycles. The van der Waals surface area contributed by atoms with Gasteiger partial charge in [0.05, 0.1) is 0 Å². The molecule has 1 rings (SSSR count). The second-order valence-electron chi connectivity index (χ2n) is 5.53. The molecule has 0 radical (unpaired) electrons. The van der Waals surface area contributed by atoms with E-state index in [1.807, 2.05) is 6.07 Å². The van der Waals surface area contributed by atoms with Gasteiger partial charge < -0.3 is 10.6 Å². The summed E-state index contributed by atoms with van der Waals surface area (Å²) >= 11 is 0. The minimum atomic E-state index is 0.868. The molecule has 0 aliphatic carbocycles. The van der Waals surface area contributed by atoms with Crippen LogP contribution in [0.3, 0.4) is 0 Å². The average molecular weight is 292 g/mol. The quantitative estimate of drug-likeness (QED) is 0.551. The van der Waals surface area contributed by atoms with Gasteiger partial charge in [-0.05, 0) is 12.8 Å². The lowest BCUT2D eigenvalue weighted by molar-refractivity contribution is 0.616. The van der Waals surface area contributed by atoms with Crippen LogP contribution in [0.2, 0.25) is 0 Å². The standard InChI is InChI=1S/C17H32N4/c1-4-7-8-9-10-11-13-19-17-14-16(18-12-5-2)20-15(6-3)21-17/h14H,4-13H2,1-3H3,(H2,18,19,20,21). The molecule has 0 bridgehead atoms. The zero-order valence-electron chi connectivity index (χ0n) is 14.0. The van der Waals surface area contributed by atoms with E-state index in [0.717, 1.165) is 43.4 Å². The first-order valence-electron chi connectivity index (χ1n) is 8.65. The van der Waals surface area contributed by atoms with Crippen molar-refractivity contribution in [2.24, 2.45) is 0 Å². The summed E-state index contributed by atoms with van der Waals surface area (Å²) in [6.07, 6.45) is 9.89. The van der Waals surface area contributed by atoms with E-state index in [0.29, 0.717) is 0 Å². The molecule has 21 heavy (non-hydrogen) atoms. The summed E-state index contributed by atoms with van der Waals surface area (Å²) in [7, 11) is 0. The summed E-state index contributed by atoms with van der Waals surface area (Å²) in [6.45, 7) is 8.46. The number of unbranched alkanes of at least 4 members (excludes halogenated alkanes) is 5. The number of hydrogen-bond donors (Lipinski definition) is 2. The van der Waals surface area contributed by atoms with Crippen molar-refractivity contribution >= 4 is 11.6 Å². The Morgan fingerprint density at radius 1 is 0.762 bits per heavy atom. The molecule has 2 N–H and O–H groups in total. The third-order valence-corrected chi connectivity index (χ3v) is 3.48. The van der Waals surface area contributed by atoms with E-state index in [4.69, 9.17) is 0 Å². The van der Waals surface area contributed by atoms with Gasteiger partial charge in [0.15, 0.2) is 0 Å². The predicted molar refractivity (Wildman–Crippen MR) is 92.1 cm³/mol. The summed E-state index contributed by atoms with van der Waals surface area (Å²) < 4.78 is 0. The normalized spacial score (nSPS) is 10.6. The van der Waals surface area contributed by atoms with Crippen molar-refractivity contribution in [1.29, 1.82) is 0 Å². The van der Waals surface area contributed by atoms with E-state index in [1.165, 1.54) is 38.5 Å². The molecule has 0 aromatic carbocycles. The molecule has 0 aliphatic rings. The fourth-order valence-electron chi connectivity index (χ4n) is 2.21. The molecule has 0 saturated heterocycles. The van der Waals surface area contributed by atoms with Crippen LogP contribution in [0.25, 0.3) is 0 Å². The highest BCUT2D eigenvalue weighted by atomic mass is 15.1. The Bertz CT molecular complexity index is 379. The number of aryl methyl sites for hydroxylation is 1. The van der Waals surface area contributed by atoms with Crippen LogP contribution in [0, 0.1) is 0 Å². The van der Waals surface area contributed by atoms with E-state index >= 15 is 0 Å². The Labute approximate surface area is 130 Å². The highest BCUT2D eigenvalue weighted by Crippen LogP contribution is 2.12. The van der Waals surface area contributed by atoms with Crippen LogP contribution in [0.1, 0.15) is 71.5 Å². The van der Waals surface area contributed by atoms with Gasteiger partial charge >= 0.3 is 0 Å². The maximum atomic E-state index is 4.54.